The van der Waals surface area contributed by atoms with E-state index in [1.165, 1.54) is 0 Å². The molecule has 0 spiro atoms. The van der Waals surface area contributed by atoms with E-state index in [4.69, 9.17) is 13.6 Å². The molecule has 6 heteroatoms. The van der Waals surface area contributed by atoms with E-state index in [-0.39, 0.29) is 12.3 Å². The van der Waals surface area contributed by atoms with Crippen molar-refractivity contribution in [3.05, 3.63) is 69.8 Å². The number of aryl methyl sites for hydroxylation is 2. The minimum atomic E-state index is -0.516. The number of ether oxygens (including phenoxy) is 1. The van der Waals surface area contributed by atoms with E-state index in [9.17, 15) is 9.59 Å². The molecule has 2 aromatic heterocycles. The summed E-state index contributed by atoms with van der Waals surface area (Å²) in [4.78, 5) is 24.9. The molecule has 2 aromatic carbocycles. The van der Waals surface area contributed by atoms with Crippen molar-refractivity contribution in [1.82, 2.24) is 0 Å². The van der Waals surface area contributed by atoms with Gasteiger partial charge in [-0.1, -0.05) is 0 Å². The van der Waals surface area contributed by atoms with Crippen LogP contribution in [0.15, 0.2) is 56.3 Å². The molecule has 0 bridgehead atoms. The second-order valence-corrected chi connectivity index (χ2v) is 6.71. The van der Waals surface area contributed by atoms with Gasteiger partial charge in [0, 0.05) is 22.5 Å². The van der Waals surface area contributed by atoms with Crippen molar-refractivity contribution in [2.75, 3.05) is 12.4 Å². The predicted molar refractivity (Wildman–Crippen MR) is 107 cm³/mol. The first-order chi connectivity index (χ1) is 13.5. The van der Waals surface area contributed by atoms with Crippen LogP contribution >= 0.6 is 0 Å². The van der Waals surface area contributed by atoms with Gasteiger partial charge in [-0.3, -0.25) is 4.79 Å². The van der Waals surface area contributed by atoms with E-state index in [2.05, 4.69) is 5.32 Å². The van der Waals surface area contributed by atoms with Crippen LogP contribution in [0, 0.1) is 13.8 Å². The Kier molecular flexibility index (Phi) is 4.39. The highest BCUT2D eigenvalue weighted by atomic mass is 16.5. The van der Waals surface area contributed by atoms with E-state index < -0.39 is 5.63 Å². The van der Waals surface area contributed by atoms with E-state index in [1.807, 2.05) is 19.9 Å². The van der Waals surface area contributed by atoms with Gasteiger partial charge >= 0.3 is 5.63 Å². The highest BCUT2D eigenvalue weighted by molar-refractivity contribution is 5.97. The summed E-state index contributed by atoms with van der Waals surface area (Å²) in [5.74, 6) is 0.408. The summed E-state index contributed by atoms with van der Waals surface area (Å²) in [7, 11) is 1.58. The number of rotatable bonds is 4. The van der Waals surface area contributed by atoms with Crippen LogP contribution < -0.4 is 15.7 Å². The number of fused-ring (bicyclic) bond motifs is 2. The molecule has 6 nitrogen and oxygen atoms in total. The lowest BCUT2D eigenvalue weighted by Gasteiger charge is -2.09. The van der Waals surface area contributed by atoms with Gasteiger partial charge in [0.1, 0.15) is 16.9 Å². The molecular formula is C22H19NO5. The Morgan fingerprint density at radius 2 is 1.82 bits per heavy atom. The molecular weight excluding hydrogens is 358 g/mol. The minimum Gasteiger partial charge on any atom is -0.497 e. The third-order valence-electron chi connectivity index (χ3n) is 4.89. The predicted octanol–water partition coefficient (Wildman–Crippen LogP) is 4.35. The second-order valence-electron chi connectivity index (χ2n) is 6.71. The fourth-order valence-corrected chi connectivity index (χ4v) is 3.28. The summed E-state index contributed by atoms with van der Waals surface area (Å²) >= 11 is 0. The molecule has 0 fully saturated rings. The monoisotopic (exact) mass is 377 g/mol. The largest absolute Gasteiger partial charge is 0.497 e. The van der Waals surface area contributed by atoms with Gasteiger partial charge in [0.05, 0.1) is 25.4 Å². The molecule has 4 rings (SSSR count). The lowest BCUT2D eigenvalue weighted by atomic mass is 10.0. The quantitative estimate of drug-likeness (QED) is 0.535. The van der Waals surface area contributed by atoms with Crippen molar-refractivity contribution in [3.63, 3.8) is 0 Å². The van der Waals surface area contributed by atoms with Crippen LogP contribution in [0.3, 0.4) is 0 Å². The number of carbonyl (C=O) groups is 1. The zero-order valence-electron chi connectivity index (χ0n) is 15.8. The summed E-state index contributed by atoms with van der Waals surface area (Å²) in [5, 5.41) is 4.54. The molecule has 28 heavy (non-hydrogen) atoms. The van der Waals surface area contributed by atoms with Crippen molar-refractivity contribution in [3.8, 4) is 5.75 Å². The molecule has 4 aromatic rings. The first-order valence-corrected chi connectivity index (χ1v) is 8.84. The Morgan fingerprint density at radius 1 is 1.07 bits per heavy atom. The Labute approximate surface area is 160 Å². The van der Waals surface area contributed by atoms with E-state index in [0.717, 1.165) is 21.9 Å². The Hall–Kier alpha value is -3.54. The van der Waals surface area contributed by atoms with Crippen LogP contribution in [0.25, 0.3) is 21.9 Å². The number of methoxy groups -OCH3 is 1. The Bertz CT molecular complexity index is 1250. The summed E-state index contributed by atoms with van der Waals surface area (Å²) in [6, 6.07) is 10.6. The van der Waals surface area contributed by atoms with Gasteiger partial charge < -0.3 is 18.9 Å². The first kappa shape index (κ1) is 17.9. The second kappa shape index (κ2) is 6.88. The van der Waals surface area contributed by atoms with Crippen LogP contribution in [-0.2, 0) is 11.2 Å². The van der Waals surface area contributed by atoms with Crippen molar-refractivity contribution in [2.24, 2.45) is 0 Å². The van der Waals surface area contributed by atoms with Gasteiger partial charge in [-0.05, 0) is 55.3 Å². The third kappa shape index (κ3) is 3.13. The fraction of sp³-hybridized carbons (Fsp3) is 0.182. The topological polar surface area (TPSA) is 81.7 Å². The molecule has 0 atom stereocenters. The van der Waals surface area contributed by atoms with Gasteiger partial charge in [0.25, 0.3) is 0 Å². The molecule has 0 saturated heterocycles. The highest BCUT2D eigenvalue weighted by Crippen LogP contribution is 2.29. The normalized spacial score (nSPS) is 11.1. The number of anilines is 1. The van der Waals surface area contributed by atoms with Crippen molar-refractivity contribution >= 4 is 33.5 Å². The molecule has 0 saturated carbocycles. The lowest BCUT2D eigenvalue weighted by Crippen LogP contribution is -2.20. The molecule has 1 amide bonds. The number of furan rings is 1. The van der Waals surface area contributed by atoms with Crippen molar-refractivity contribution in [1.29, 1.82) is 0 Å². The van der Waals surface area contributed by atoms with Crippen LogP contribution in [0.2, 0.25) is 0 Å². The first-order valence-electron chi connectivity index (χ1n) is 8.84. The van der Waals surface area contributed by atoms with Gasteiger partial charge in [0.15, 0.2) is 0 Å². The van der Waals surface area contributed by atoms with E-state index >= 15 is 0 Å². The summed E-state index contributed by atoms with van der Waals surface area (Å²) < 4.78 is 16.0. The van der Waals surface area contributed by atoms with Crippen molar-refractivity contribution < 1.29 is 18.4 Å². The highest BCUT2D eigenvalue weighted by Gasteiger charge is 2.17. The zero-order chi connectivity index (χ0) is 19.8. The van der Waals surface area contributed by atoms with Crippen LogP contribution in [0.1, 0.15) is 16.7 Å². The Balaban J connectivity index is 1.67. The molecule has 1 N–H and O–H groups in total. The number of hydrogen-bond acceptors (Lipinski definition) is 5. The van der Waals surface area contributed by atoms with Gasteiger partial charge in [0.2, 0.25) is 5.91 Å². The summed E-state index contributed by atoms with van der Waals surface area (Å²) in [6.07, 6.45) is 1.60. The van der Waals surface area contributed by atoms with Crippen LogP contribution in [-0.4, -0.2) is 13.0 Å². The molecule has 2 heterocycles. The lowest BCUT2D eigenvalue weighted by molar-refractivity contribution is -0.115. The SMILES string of the molecule is COc1ccc(NC(=O)Cc2c(C)c3cc4c(C)coc4cc3oc2=O)cc1. The van der Waals surface area contributed by atoms with E-state index in [1.54, 1.807) is 43.7 Å². The number of amides is 1. The molecule has 0 aliphatic carbocycles. The molecule has 142 valence electrons. The van der Waals surface area contributed by atoms with Gasteiger partial charge in [-0.25, -0.2) is 4.79 Å². The standard InChI is InChI=1S/C22H19NO5/c1-12-11-27-19-10-20-17(8-16(12)19)13(2)18(22(25)28-20)9-21(24)23-14-4-6-15(26-3)7-5-14/h4-8,10-11H,9H2,1-3H3,(H,23,24). The molecule has 0 aliphatic heterocycles. The zero-order valence-corrected chi connectivity index (χ0v) is 15.8. The maximum Gasteiger partial charge on any atom is 0.340 e. The maximum atomic E-state index is 12.5. The summed E-state index contributed by atoms with van der Waals surface area (Å²) in [5.41, 5.74) is 3.31. The average Bonchev–Trinajstić information content (AvgIpc) is 3.04. The Morgan fingerprint density at radius 3 is 2.54 bits per heavy atom. The number of benzene rings is 2. The smallest absolute Gasteiger partial charge is 0.340 e. The molecule has 0 aliphatic rings. The minimum absolute atomic E-state index is 0.0709. The van der Waals surface area contributed by atoms with E-state index in [0.29, 0.717) is 28.2 Å². The van der Waals surface area contributed by atoms with Crippen LogP contribution in [0.4, 0.5) is 5.69 Å². The average molecular weight is 377 g/mol. The number of hydrogen-bond donors (Lipinski definition) is 1. The van der Waals surface area contributed by atoms with Gasteiger partial charge in [-0.15, -0.1) is 0 Å². The number of nitrogens with one attached hydrogen (secondary N) is 1. The molecule has 0 radical (unpaired) electrons. The fourth-order valence-electron chi connectivity index (χ4n) is 3.28. The van der Waals surface area contributed by atoms with Gasteiger partial charge in [-0.2, -0.15) is 0 Å². The maximum absolute atomic E-state index is 12.5. The van der Waals surface area contributed by atoms with Crippen molar-refractivity contribution in [2.45, 2.75) is 20.3 Å². The molecule has 0 unspecified atom stereocenters. The number of carbonyl (C=O) groups excluding carboxylic acids is 1. The summed E-state index contributed by atoms with van der Waals surface area (Å²) in [6.45, 7) is 3.78. The van der Waals surface area contributed by atoms with Crippen LogP contribution in [0.5, 0.6) is 5.75 Å². The third-order valence-corrected chi connectivity index (χ3v) is 4.89.